The van der Waals surface area contributed by atoms with Crippen LogP contribution in [0.4, 0.5) is 0 Å². The summed E-state index contributed by atoms with van der Waals surface area (Å²) in [5.41, 5.74) is 0.479. The molecule has 0 radical (unpaired) electrons. The molecule has 0 spiro atoms. The summed E-state index contributed by atoms with van der Waals surface area (Å²) in [5.74, 6) is 0.0121. The summed E-state index contributed by atoms with van der Waals surface area (Å²) >= 11 is 9.29. The van der Waals surface area contributed by atoms with Crippen molar-refractivity contribution in [1.82, 2.24) is 9.88 Å². The van der Waals surface area contributed by atoms with Gasteiger partial charge in [0.25, 0.3) is 5.91 Å². The number of pyridine rings is 1. The van der Waals surface area contributed by atoms with Gasteiger partial charge in [0, 0.05) is 24.1 Å². The first-order valence-electron chi connectivity index (χ1n) is 6.21. The Labute approximate surface area is 121 Å². The van der Waals surface area contributed by atoms with E-state index < -0.39 is 0 Å². The van der Waals surface area contributed by atoms with Gasteiger partial charge in [-0.25, -0.2) is 4.98 Å². The Morgan fingerprint density at radius 2 is 2.28 bits per heavy atom. The van der Waals surface area contributed by atoms with Crippen molar-refractivity contribution in [2.45, 2.75) is 31.7 Å². The van der Waals surface area contributed by atoms with Gasteiger partial charge >= 0.3 is 0 Å². The maximum absolute atomic E-state index is 12.4. The van der Waals surface area contributed by atoms with Crippen molar-refractivity contribution in [3.63, 3.8) is 0 Å². The number of likely N-dealkylation sites (tertiary alicyclic amines) is 1. The first-order valence-corrected chi connectivity index (χ1v) is 7.71. The number of hydrogen-bond donors (Lipinski definition) is 0. The van der Waals surface area contributed by atoms with Crippen molar-refractivity contribution >= 4 is 33.4 Å². The van der Waals surface area contributed by atoms with E-state index in [-0.39, 0.29) is 11.9 Å². The van der Waals surface area contributed by atoms with Crippen LogP contribution in [-0.4, -0.2) is 33.7 Å². The van der Waals surface area contributed by atoms with Crippen LogP contribution >= 0.6 is 27.5 Å². The SMILES string of the molecule is O=C(c1ccc(Cl)cn1)N1CCCCCC1CBr. The summed E-state index contributed by atoms with van der Waals surface area (Å²) in [4.78, 5) is 18.5. The third kappa shape index (κ3) is 3.23. The van der Waals surface area contributed by atoms with Gasteiger partial charge in [-0.15, -0.1) is 0 Å². The summed E-state index contributed by atoms with van der Waals surface area (Å²) in [6, 6.07) is 3.68. The molecule has 5 heteroatoms. The summed E-state index contributed by atoms with van der Waals surface area (Å²) in [7, 11) is 0. The van der Waals surface area contributed by atoms with Crippen LogP contribution in [0.3, 0.4) is 0 Å². The maximum Gasteiger partial charge on any atom is 0.272 e. The molecule has 1 atom stereocenters. The van der Waals surface area contributed by atoms with Crippen molar-refractivity contribution in [3.05, 3.63) is 29.0 Å². The van der Waals surface area contributed by atoms with Crippen molar-refractivity contribution in [1.29, 1.82) is 0 Å². The molecule has 1 unspecified atom stereocenters. The third-order valence-electron chi connectivity index (χ3n) is 3.26. The Morgan fingerprint density at radius 3 is 2.94 bits per heavy atom. The quantitative estimate of drug-likeness (QED) is 0.777. The van der Waals surface area contributed by atoms with Gasteiger partial charge in [0.15, 0.2) is 0 Å². The molecule has 1 aromatic heterocycles. The van der Waals surface area contributed by atoms with Crippen molar-refractivity contribution in [3.8, 4) is 0 Å². The van der Waals surface area contributed by atoms with Crippen LogP contribution in [-0.2, 0) is 0 Å². The van der Waals surface area contributed by atoms with Crippen LogP contribution in [0.5, 0.6) is 0 Å². The normalized spacial score (nSPS) is 20.6. The molecule has 0 saturated carbocycles. The number of hydrogen-bond acceptors (Lipinski definition) is 2. The summed E-state index contributed by atoms with van der Waals surface area (Å²) in [5, 5.41) is 1.38. The van der Waals surface area contributed by atoms with Crippen molar-refractivity contribution in [2.24, 2.45) is 0 Å². The van der Waals surface area contributed by atoms with Crippen LogP contribution in [0.15, 0.2) is 18.3 Å². The Hall–Kier alpha value is -0.610. The summed E-state index contributed by atoms with van der Waals surface area (Å²) < 4.78 is 0. The first kappa shape index (κ1) is 13.8. The number of rotatable bonds is 2. The number of amides is 1. The third-order valence-corrected chi connectivity index (χ3v) is 4.23. The second kappa shape index (κ2) is 6.53. The molecule has 1 fully saturated rings. The molecular weight excluding hydrogens is 316 g/mol. The van der Waals surface area contributed by atoms with Gasteiger partial charge < -0.3 is 4.90 Å². The minimum absolute atomic E-state index is 0.0121. The van der Waals surface area contributed by atoms with E-state index >= 15 is 0 Å². The van der Waals surface area contributed by atoms with Gasteiger partial charge in [0.2, 0.25) is 0 Å². The number of halogens is 2. The van der Waals surface area contributed by atoms with E-state index in [1.807, 2.05) is 4.90 Å². The minimum Gasteiger partial charge on any atom is -0.333 e. The lowest BCUT2D eigenvalue weighted by atomic mass is 10.1. The van der Waals surface area contributed by atoms with E-state index in [0.29, 0.717) is 10.7 Å². The van der Waals surface area contributed by atoms with Gasteiger partial charge in [0.05, 0.1) is 5.02 Å². The van der Waals surface area contributed by atoms with Crippen LogP contribution in [0.25, 0.3) is 0 Å². The summed E-state index contributed by atoms with van der Waals surface area (Å²) in [6.07, 6.45) is 6.04. The monoisotopic (exact) mass is 330 g/mol. The zero-order valence-electron chi connectivity index (χ0n) is 10.1. The van der Waals surface area contributed by atoms with Crippen LogP contribution < -0.4 is 0 Å². The van der Waals surface area contributed by atoms with Crippen LogP contribution in [0, 0.1) is 0 Å². The predicted octanol–water partition coefficient (Wildman–Crippen LogP) is 3.51. The Morgan fingerprint density at radius 1 is 1.44 bits per heavy atom. The second-order valence-electron chi connectivity index (χ2n) is 4.52. The predicted molar refractivity (Wildman–Crippen MR) is 76.3 cm³/mol. The highest BCUT2D eigenvalue weighted by molar-refractivity contribution is 9.09. The van der Waals surface area contributed by atoms with E-state index in [9.17, 15) is 4.79 Å². The Kier molecular flexibility index (Phi) is 5.01. The van der Waals surface area contributed by atoms with Crippen LogP contribution in [0.2, 0.25) is 5.02 Å². The fourth-order valence-corrected chi connectivity index (χ4v) is 3.04. The lowest BCUT2D eigenvalue weighted by molar-refractivity contribution is 0.0696. The topological polar surface area (TPSA) is 33.2 Å². The number of alkyl halides is 1. The molecule has 2 rings (SSSR count). The molecule has 1 amide bonds. The lowest BCUT2D eigenvalue weighted by Crippen LogP contribution is -2.41. The van der Waals surface area contributed by atoms with Crippen molar-refractivity contribution in [2.75, 3.05) is 11.9 Å². The average molecular weight is 332 g/mol. The second-order valence-corrected chi connectivity index (χ2v) is 5.60. The highest BCUT2D eigenvalue weighted by Gasteiger charge is 2.26. The van der Waals surface area contributed by atoms with E-state index in [1.54, 1.807) is 12.1 Å². The molecule has 0 aromatic carbocycles. The Bertz CT molecular complexity index is 410. The minimum atomic E-state index is 0.0121. The fraction of sp³-hybridized carbons (Fsp3) is 0.538. The highest BCUT2D eigenvalue weighted by atomic mass is 79.9. The number of nitrogens with zero attached hydrogens (tertiary/aromatic N) is 2. The number of carbonyl (C=O) groups excluding carboxylic acids is 1. The van der Waals surface area contributed by atoms with Crippen LogP contribution in [0.1, 0.15) is 36.2 Å². The largest absolute Gasteiger partial charge is 0.333 e. The van der Waals surface area contributed by atoms with E-state index in [1.165, 1.54) is 19.0 Å². The molecule has 1 aromatic rings. The molecule has 0 aliphatic carbocycles. The number of aromatic nitrogens is 1. The highest BCUT2D eigenvalue weighted by Crippen LogP contribution is 2.20. The fourth-order valence-electron chi connectivity index (χ4n) is 2.25. The molecule has 2 heterocycles. The molecule has 1 saturated heterocycles. The molecule has 0 N–H and O–H groups in total. The molecule has 0 bridgehead atoms. The van der Waals surface area contributed by atoms with Gasteiger partial charge in [0.1, 0.15) is 5.69 Å². The van der Waals surface area contributed by atoms with Gasteiger partial charge in [-0.05, 0) is 25.0 Å². The van der Waals surface area contributed by atoms with Gasteiger partial charge in [-0.1, -0.05) is 40.4 Å². The molecule has 1 aliphatic rings. The van der Waals surface area contributed by atoms with Gasteiger partial charge in [-0.3, -0.25) is 4.79 Å². The van der Waals surface area contributed by atoms with E-state index in [4.69, 9.17) is 11.6 Å². The first-order chi connectivity index (χ1) is 8.72. The standard InChI is InChI=1S/C13H16BrClN2O/c14-8-11-4-2-1-3-7-17(11)13(18)12-6-5-10(15)9-16-12/h5-6,9,11H,1-4,7-8H2. The molecule has 3 nitrogen and oxygen atoms in total. The average Bonchev–Trinajstić information content (AvgIpc) is 2.63. The molecule has 1 aliphatic heterocycles. The zero-order valence-corrected chi connectivity index (χ0v) is 12.5. The maximum atomic E-state index is 12.4. The molecular formula is C13H16BrClN2O. The summed E-state index contributed by atoms with van der Waals surface area (Å²) in [6.45, 7) is 0.819. The van der Waals surface area contributed by atoms with E-state index in [2.05, 4.69) is 20.9 Å². The smallest absolute Gasteiger partial charge is 0.272 e. The van der Waals surface area contributed by atoms with E-state index in [0.717, 1.165) is 24.7 Å². The van der Waals surface area contributed by atoms with Gasteiger partial charge in [-0.2, -0.15) is 0 Å². The Balaban J connectivity index is 2.17. The number of carbonyl (C=O) groups is 1. The molecule has 18 heavy (non-hydrogen) atoms. The zero-order chi connectivity index (χ0) is 13.0. The van der Waals surface area contributed by atoms with Crippen molar-refractivity contribution < 1.29 is 4.79 Å². The molecule has 98 valence electrons. The lowest BCUT2D eigenvalue weighted by Gasteiger charge is -2.28.